The molecule has 0 spiro atoms. The van der Waals surface area contributed by atoms with Crippen LogP contribution in [0.3, 0.4) is 0 Å². The molecule has 1 heterocycles. The van der Waals surface area contributed by atoms with Gasteiger partial charge in [0.15, 0.2) is 4.67 Å². The first kappa shape index (κ1) is 29.1. The first-order valence-electron chi connectivity index (χ1n) is 13.9. The van der Waals surface area contributed by atoms with Gasteiger partial charge in [0.05, 0.1) is 0 Å². The minimum Gasteiger partial charge on any atom is -0.452 e. The lowest BCUT2D eigenvalue weighted by molar-refractivity contribution is 0.0624. The van der Waals surface area contributed by atoms with Crippen LogP contribution in [0, 0.1) is 23.7 Å². The number of aliphatic hydroxyl groups excluding tert-OH is 1. The molecule has 4 atom stereocenters. The van der Waals surface area contributed by atoms with Gasteiger partial charge in [-0.25, -0.2) is 0 Å². The molecule has 0 saturated carbocycles. The molecule has 5 heteroatoms. The molecule has 1 aliphatic rings. The summed E-state index contributed by atoms with van der Waals surface area (Å²) in [5, 5.41) is 13.0. The zero-order valence-corrected chi connectivity index (χ0v) is 26.2. The van der Waals surface area contributed by atoms with Gasteiger partial charge in [-0.3, -0.25) is 0 Å². The van der Waals surface area contributed by atoms with Crippen molar-refractivity contribution in [3.63, 3.8) is 0 Å². The number of hydrogen-bond acceptors (Lipinski definition) is 3. The van der Waals surface area contributed by atoms with Crippen molar-refractivity contribution in [3.05, 3.63) is 94.9 Å². The van der Waals surface area contributed by atoms with E-state index in [0.29, 0.717) is 16.5 Å². The lowest BCUT2D eigenvalue weighted by atomic mass is 9.67. The Morgan fingerprint density at radius 2 is 1.55 bits per heavy atom. The second kappa shape index (κ2) is 12.1. The maximum atomic E-state index is 10.6. The van der Waals surface area contributed by atoms with Crippen LogP contribution in [0.1, 0.15) is 66.2 Å². The molecule has 0 saturated heterocycles. The number of aliphatic hydroxyl groups is 1. The lowest BCUT2D eigenvalue weighted by Crippen LogP contribution is -2.67. The smallest absolute Gasteiger partial charge is 0.262 e. The van der Waals surface area contributed by atoms with Crippen molar-refractivity contribution in [2.75, 3.05) is 6.61 Å². The Kier molecular flexibility index (Phi) is 9.24. The van der Waals surface area contributed by atoms with Crippen molar-refractivity contribution in [3.8, 4) is 0 Å². The molecular formula is C33H43BrO3Si. The third-order valence-electron chi connectivity index (χ3n) is 8.55. The summed E-state index contributed by atoms with van der Waals surface area (Å²) in [7, 11) is -2.82. The number of allylic oxidation sites excluding steroid dienone is 2. The van der Waals surface area contributed by atoms with Gasteiger partial charge in [0.2, 0.25) is 0 Å². The molecule has 3 aromatic rings. The molecule has 3 nitrogen and oxygen atoms in total. The molecule has 2 aromatic carbocycles. The average molecular weight is 596 g/mol. The first-order chi connectivity index (χ1) is 18.1. The van der Waals surface area contributed by atoms with Crippen LogP contribution in [0.15, 0.2) is 93.5 Å². The minimum atomic E-state index is -2.82. The highest BCUT2D eigenvalue weighted by atomic mass is 79.9. The van der Waals surface area contributed by atoms with Crippen molar-refractivity contribution in [1.82, 2.24) is 0 Å². The van der Waals surface area contributed by atoms with Gasteiger partial charge < -0.3 is 13.9 Å². The summed E-state index contributed by atoms with van der Waals surface area (Å²) in [5.41, 5.74) is 1.35. The maximum absolute atomic E-state index is 10.6. The molecule has 0 bridgehead atoms. The van der Waals surface area contributed by atoms with Crippen molar-refractivity contribution < 1.29 is 13.9 Å². The predicted octanol–water partition coefficient (Wildman–Crippen LogP) is 7.90. The highest BCUT2D eigenvalue weighted by molar-refractivity contribution is 9.10. The topological polar surface area (TPSA) is 42.6 Å². The molecule has 0 fully saturated rings. The molecule has 1 aliphatic carbocycles. The fourth-order valence-corrected chi connectivity index (χ4v) is 11.5. The third kappa shape index (κ3) is 5.81. The monoisotopic (exact) mass is 594 g/mol. The number of halogens is 1. The van der Waals surface area contributed by atoms with Gasteiger partial charge in [-0.1, -0.05) is 107 Å². The summed E-state index contributed by atoms with van der Waals surface area (Å²) >= 11 is 3.54. The Bertz CT molecular complexity index is 1160. The van der Waals surface area contributed by atoms with E-state index in [9.17, 15) is 5.11 Å². The fraction of sp³-hybridized carbons (Fsp3) is 0.455. The zero-order chi connectivity index (χ0) is 27.5. The van der Waals surface area contributed by atoms with Crippen LogP contribution < -0.4 is 10.4 Å². The quantitative estimate of drug-likeness (QED) is 0.202. The largest absolute Gasteiger partial charge is 0.452 e. The molecule has 38 heavy (non-hydrogen) atoms. The molecule has 0 aliphatic heterocycles. The molecular weight excluding hydrogens is 552 g/mol. The molecule has 204 valence electrons. The molecule has 0 unspecified atom stereocenters. The Hall–Kier alpha value is -1.92. The second-order valence-electron chi connectivity index (χ2n) is 12.2. The van der Waals surface area contributed by atoms with E-state index < -0.39 is 8.32 Å². The molecule has 1 N–H and O–H groups in total. The summed E-state index contributed by atoms with van der Waals surface area (Å²) in [6.45, 7) is 13.9. The average Bonchev–Trinajstić information content (AvgIpc) is 3.33. The summed E-state index contributed by atoms with van der Waals surface area (Å²) in [5.74, 6) is 2.20. The lowest BCUT2D eigenvalue weighted by Gasteiger charge is -2.46. The van der Waals surface area contributed by atoms with Crippen LogP contribution in [0.5, 0.6) is 0 Å². The van der Waals surface area contributed by atoms with Crippen LogP contribution in [-0.4, -0.2) is 20.0 Å². The first-order valence-corrected chi connectivity index (χ1v) is 16.6. The standard InChI is InChI=1S/C33H43BrO3Si/c1-23(2)27-18-17-24(3)28(29(27)22-35)21-31(30-19-20-32(34)36-30)37-38(33(4,5)6,25-13-9-7-10-14-25)26-15-11-8-12-16-26/h7-17,19-20,23,27-29,31,35H,18,21-22H2,1-6H3/t27-,28+,29-,31+/m1/s1. The fourth-order valence-electron chi connectivity index (χ4n) is 6.53. The van der Waals surface area contributed by atoms with Crippen molar-refractivity contribution in [1.29, 1.82) is 0 Å². The number of hydrogen-bond donors (Lipinski definition) is 1. The summed E-state index contributed by atoms with van der Waals surface area (Å²) in [4.78, 5) is 0. The molecule has 1 aromatic heterocycles. The highest BCUT2D eigenvalue weighted by Crippen LogP contribution is 2.46. The van der Waals surface area contributed by atoms with Crippen molar-refractivity contribution in [2.24, 2.45) is 23.7 Å². The number of furan rings is 1. The SMILES string of the molecule is CC1=CC[C@H](C(C)C)[C@@H](CO)[C@H]1C[C@H](O[Si](c1ccccc1)(c1ccccc1)C(C)(C)C)c1ccc(Br)o1. The van der Waals surface area contributed by atoms with Crippen LogP contribution in [-0.2, 0) is 4.43 Å². The van der Waals surface area contributed by atoms with Gasteiger partial charge >= 0.3 is 0 Å². The van der Waals surface area contributed by atoms with E-state index in [1.54, 1.807) is 0 Å². The molecule has 0 amide bonds. The van der Waals surface area contributed by atoms with Crippen molar-refractivity contribution in [2.45, 2.75) is 65.5 Å². The van der Waals surface area contributed by atoms with E-state index in [-0.39, 0.29) is 29.6 Å². The Morgan fingerprint density at radius 3 is 2.00 bits per heavy atom. The normalized spacial score (nSPS) is 21.4. The predicted molar refractivity (Wildman–Crippen MR) is 163 cm³/mol. The van der Waals surface area contributed by atoms with E-state index >= 15 is 0 Å². The zero-order valence-electron chi connectivity index (χ0n) is 23.7. The van der Waals surface area contributed by atoms with Crippen LogP contribution in [0.4, 0.5) is 0 Å². The summed E-state index contributed by atoms with van der Waals surface area (Å²) in [6, 6.07) is 25.6. The second-order valence-corrected chi connectivity index (χ2v) is 17.2. The summed E-state index contributed by atoms with van der Waals surface area (Å²) < 4.78 is 14.6. The van der Waals surface area contributed by atoms with Crippen molar-refractivity contribution >= 4 is 34.6 Å². The number of rotatable bonds is 9. The van der Waals surface area contributed by atoms with E-state index in [1.165, 1.54) is 15.9 Å². The Morgan fingerprint density at radius 1 is 0.974 bits per heavy atom. The van der Waals surface area contributed by atoms with Gasteiger partial charge in [0.25, 0.3) is 8.32 Å². The number of benzene rings is 2. The molecule has 4 rings (SSSR count). The van der Waals surface area contributed by atoms with E-state index in [0.717, 1.165) is 18.6 Å². The van der Waals surface area contributed by atoms with Crippen LogP contribution >= 0.6 is 15.9 Å². The van der Waals surface area contributed by atoms with Crippen LogP contribution in [0.2, 0.25) is 5.04 Å². The summed E-state index contributed by atoms with van der Waals surface area (Å²) in [6.07, 6.45) is 3.92. The van der Waals surface area contributed by atoms with Crippen LogP contribution in [0.25, 0.3) is 0 Å². The third-order valence-corrected chi connectivity index (χ3v) is 14.0. The van der Waals surface area contributed by atoms with Gasteiger partial charge in [0.1, 0.15) is 11.9 Å². The van der Waals surface area contributed by atoms with Gasteiger partial charge in [-0.05, 0) is 86.9 Å². The molecule has 0 radical (unpaired) electrons. The maximum Gasteiger partial charge on any atom is 0.262 e. The van der Waals surface area contributed by atoms with Gasteiger partial charge in [-0.15, -0.1) is 0 Å². The minimum absolute atomic E-state index is 0.147. The van der Waals surface area contributed by atoms with E-state index in [2.05, 4.69) is 124 Å². The van der Waals surface area contributed by atoms with E-state index in [1.807, 2.05) is 12.1 Å². The Balaban J connectivity index is 1.86. The highest BCUT2D eigenvalue weighted by Gasteiger charge is 2.52. The van der Waals surface area contributed by atoms with Gasteiger partial charge in [0, 0.05) is 6.61 Å². The van der Waals surface area contributed by atoms with E-state index in [4.69, 9.17) is 8.84 Å². The van der Waals surface area contributed by atoms with Gasteiger partial charge in [-0.2, -0.15) is 0 Å². The Labute approximate surface area is 238 Å².